The van der Waals surface area contributed by atoms with Crippen LogP contribution in [0.2, 0.25) is 0 Å². The third-order valence-electron chi connectivity index (χ3n) is 2.70. The Morgan fingerprint density at radius 1 is 1.19 bits per heavy atom. The first-order chi connectivity index (χ1) is 9.91. The minimum atomic E-state index is -4.51. The SMILES string of the molecule is CCCNc1nc(-c2ccccc2Br)cc(C(F)(F)F)n1. The summed E-state index contributed by atoms with van der Waals surface area (Å²) >= 11 is 3.32. The van der Waals surface area contributed by atoms with Gasteiger partial charge in [0.15, 0.2) is 5.69 Å². The van der Waals surface area contributed by atoms with E-state index in [4.69, 9.17) is 0 Å². The van der Waals surface area contributed by atoms with Crippen molar-refractivity contribution in [2.24, 2.45) is 0 Å². The summed E-state index contributed by atoms with van der Waals surface area (Å²) in [6.07, 6.45) is -3.74. The van der Waals surface area contributed by atoms with E-state index in [0.29, 0.717) is 16.6 Å². The highest BCUT2D eigenvalue weighted by atomic mass is 79.9. The highest BCUT2D eigenvalue weighted by Crippen LogP contribution is 2.33. The topological polar surface area (TPSA) is 37.8 Å². The number of rotatable bonds is 4. The van der Waals surface area contributed by atoms with Gasteiger partial charge in [-0.25, -0.2) is 9.97 Å². The second-order valence-corrected chi connectivity index (χ2v) is 5.22. The number of halogens is 4. The first-order valence-electron chi connectivity index (χ1n) is 6.37. The fourth-order valence-electron chi connectivity index (χ4n) is 1.72. The molecule has 0 fully saturated rings. The van der Waals surface area contributed by atoms with Gasteiger partial charge in [0.2, 0.25) is 5.95 Å². The fraction of sp³-hybridized carbons (Fsp3) is 0.286. The van der Waals surface area contributed by atoms with Gasteiger partial charge in [0.25, 0.3) is 0 Å². The summed E-state index contributed by atoms with van der Waals surface area (Å²) in [4.78, 5) is 7.70. The van der Waals surface area contributed by atoms with Gasteiger partial charge in [0.1, 0.15) is 0 Å². The quantitative estimate of drug-likeness (QED) is 0.855. The van der Waals surface area contributed by atoms with E-state index in [1.165, 1.54) is 0 Å². The van der Waals surface area contributed by atoms with Crippen LogP contribution in [0.4, 0.5) is 19.1 Å². The predicted octanol–water partition coefficient (Wildman–Crippen LogP) is 4.75. The average Bonchev–Trinajstić information content (AvgIpc) is 2.44. The van der Waals surface area contributed by atoms with Crippen LogP contribution in [0.15, 0.2) is 34.8 Å². The molecule has 0 amide bonds. The van der Waals surface area contributed by atoms with Crippen LogP contribution in [-0.4, -0.2) is 16.5 Å². The molecule has 112 valence electrons. The summed E-state index contributed by atoms with van der Waals surface area (Å²) in [6, 6.07) is 7.95. The predicted molar refractivity (Wildman–Crippen MR) is 79.0 cm³/mol. The first-order valence-corrected chi connectivity index (χ1v) is 7.16. The van der Waals surface area contributed by atoms with E-state index < -0.39 is 11.9 Å². The molecular formula is C14H13BrF3N3. The summed E-state index contributed by atoms with van der Waals surface area (Å²) in [7, 11) is 0. The lowest BCUT2D eigenvalue weighted by atomic mass is 10.1. The number of alkyl halides is 3. The van der Waals surface area contributed by atoms with Crippen LogP contribution in [0.3, 0.4) is 0 Å². The molecule has 21 heavy (non-hydrogen) atoms. The van der Waals surface area contributed by atoms with Crippen molar-refractivity contribution in [1.29, 1.82) is 0 Å². The van der Waals surface area contributed by atoms with Gasteiger partial charge in [0.05, 0.1) is 5.69 Å². The maximum absolute atomic E-state index is 13.0. The molecule has 3 nitrogen and oxygen atoms in total. The van der Waals surface area contributed by atoms with Crippen LogP contribution >= 0.6 is 15.9 Å². The zero-order valence-electron chi connectivity index (χ0n) is 11.2. The summed E-state index contributed by atoms with van der Waals surface area (Å²) in [5, 5.41) is 2.80. The van der Waals surface area contributed by atoms with Crippen LogP contribution in [0.1, 0.15) is 19.0 Å². The molecule has 0 unspecified atom stereocenters. The van der Waals surface area contributed by atoms with Crippen LogP contribution in [0.25, 0.3) is 11.3 Å². The number of hydrogen-bond donors (Lipinski definition) is 1. The number of nitrogens with zero attached hydrogens (tertiary/aromatic N) is 2. The van der Waals surface area contributed by atoms with E-state index in [2.05, 4.69) is 31.2 Å². The molecule has 2 aromatic rings. The van der Waals surface area contributed by atoms with Gasteiger partial charge < -0.3 is 5.32 Å². The summed E-state index contributed by atoms with van der Waals surface area (Å²) in [5.74, 6) is -0.0163. The van der Waals surface area contributed by atoms with Crippen LogP contribution in [0.5, 0.6) is 0 Å². The molecule has 1 N–H and O–H groups in total. The standard InChI is InChI=1S/C14H13BrF3N3/c1-2-7-19-13-20-11(8-12(21-13)14(16,17)18)9-5-3-4-6-10(9)15/h3-6,8H,2,7H2,1H3,(H,19,20,21). The Morgan fingerprint density at radius 3 is 2.52 bits per heavy atom. The number of aromatic nitrogens is 2. The summed E-state index contributed by atoms with van der Waals surface area (Å²) < 4.78 is 39.5. The third-order valence-corrected chi connectivity index (χ3v) is 3.39. The van der Waals surface area contributed by atoms with E-state index in [-0.39, 0.29) is 11.6 Å². The van der Waals surface area contributed by atoms with Crippen molar-refractivity contribution < 1.29 is 13.2 Å². The van der Waals surface area contributed by atoms with Crippen molar-refractivity contribution in [3.05, 3.63) is 40.5 Å². The van der Waals surface area contributed by atoms with Gasteiger partial charge in [-0.05, 0) is 18.6 Å². The minimum absolute atomic E-state index is 0.0163. The highest BCUT2D eigenvalue weighted by molar-refractivity contribution is 9.10. The van der Waals surface area contributed by atoms with Gasteiger partial charge in [-0.1, -0.05) is 41.1 Å². The first kappa shape index (κ1) is 15.8. The largest absolute Gasteiger partial charge is 0.433 e. The Morgan fingerprint density at radius 2 is 1.90 bits per heavy atom. The molecule has 0 saturated heterocycles. The van der Waals surface area contributed by atoms with Gasteiger partial charge >= 0.3 is 6.18 Å². The van der Waals surface area contributed by atoms with E-state index in [1.807, 2.05) is 6.92 Å². The molecule has 2 rings (SSSR count). The number of benzene rings is 1. The van der Waals surface area contributed by atoms with Crippen molar-refractivity contribution in [3.8, 4) is 11.3 Å². The van der Waals surface area contributed by atoms with Crippen molar-refractivity contribution in [2.75, 3.05) is 11.9 Å². The lowest BCUT2D eigenvalue weighted by Gasteiger charge is -2.12. The van der Waals surface area contributed by atoms with Crippen LogP contribution in [0, 0.1) is 0 Å². The lowest BCUT2D eigenvalue weighted by Crippen LogP contribution is -2.13. The van der Waals surface area contributed by atoms with Gasteiger partial charge in [0, 0.05) is 16.6 Å². The molecule has 7 heteroatoms. The Labute approximate surface area is 128 Å². The molecule has 0 aliphatic carbocycles. The molecule has 0 aliphatic heterocycles. The van der Waals surface area contributed by atoms with Gasteiger partial charge in [-0.3, -0.25) is 0 Å². The summed E-state index contributed by atoms with van der Waals surface area (Å²) in [6.45, 7) is 2.42. The average molecular weight is 360 g/mol. The monoisotopic (exact) mass is 359 g/mol. The Balaban J connectivity index is 2.52. The van der Waals surface area contributed by atoms with E-state index >= 15 is 0 Å². The van der Waals surface area contributed by atoms with E-state index in [0.717, 1.165) is 12.5 Å². The maximum Gasteiger partial charge on any atom is 0.433 e. The second kappa shape index (κ2) is 6.43. The van der Waals surface area contributed by atoms with Crippen LogP contribution in [-0.2, 0) is 6.18 Å². The Bertz CT molecular complexity index is 629. The van der Waals surface area contributed by atoms with Crippen LogP contribution < -0.4 is 5.32 Å². The van der Waals surface area contributed by atoms with E-state index in [9.17, 15) is 13.2 Å². The number of nitrogens with one attached hydrogen (secondary N) is 1. The molecule has 0 saturated carbocycles. The molecule has 0 spiro atoms. The van der Waals surface area contributed by atoms with E-state index in [1.54, 1.807) is 24.3 Å². The minimum Gasteiger partial charge on any atom is -0.354 e. The number of anilines is 1. The van der Waals surface area contributed by atoms with Crippen molar-refractivity contribution in [1.82, 2.24) is 9.97 Å². The van der Waals surface area contributed by atoms with Crippen molar-refractivity contribution >= 4 is 21.9 Å². The molecule has 1 aromatic carbocycles. The molecular weight excluding hydrogens is 347 g/mol. The Hall–Kier alpha value is -1.63. The highest BCUT2D eigenvalue weighted by Gasteiger charge is 2.33. The summed E-state index contributed by atoms with van der Waals surface area (Å²) in [5.41, 5.74) is -0.143. The molecule has 0 atom stereocenters. The van der Waals surface area contributed by atoms with Gasteiger partial charge in [-0.2, -0.15) is 13.2 Å². The zero-order valence-corrected chi connectivity index (χ0v) is 12.8. The molecule has 1 aromatic heterocycles. The van der Waals surface area contributed by atoms with Gasteiger partial charge in [-0.15, -0.1) is 0 Å². The molecule has 0 aliphatic rings. The Kier molecular flexibility index (Phi) is 4.82. The zero-order chi connectivity index (χ0) is 15.5. The maximum atomic E-state index is 13.0. The normalized spacial score (nSPS) is 11.5. The smallest absolute Gasteiger partial charge is 0.354 e. The number of hydrogen-bond acceptors (Lipinski definition) is 3. The second-order valence-electron chi connectivity index (χ2n) is 4.37. The van der Waals surface area contributed by atoms with Crippen molar-refractivity contribution in [3.63, 3.8) is 0 Å². The third kappa shape index (κ3) is 3.93. The molecule has 1 heterocycles. The van der Waals surface area contributed by atoms with Crippen molar-refractivity contribution in [2.45, 2.75) is 19.5 Å². The molecule has 0 radical (unpaired) electrons. The fourth-order valence-corrected chi connectivity index (χ4v) is 2.20. The molecule has 0 bridgehead atoms. The lowest BCUT2D eigenvalue weighted by molar-refractivity contribution is -0.141.